The van der Waals surface area contributed by atoms with Gasteiger partial charge in [-0.1, -0.05) is 6.07 Å². The van der Waals surface area contributed by atoms with Gasteiger partial charge in [0.05, 0.1) is 18.3 Å². The molecule has 0 aliphatic heterocycles. The summed E-state index contributed by atoms with van der Waals surface area (Å²) in [5.41, 5.74) is 0.800. The van der Waals surface area contributed by atoms with Crippen LogP contribution >= 0.6 is 0 Å². The van der Waals surface area contributed by atoms with Crippen LogP contribution in [0.3, 0.4) is 0 Å². The van der Waals surface area contributed by atoms with Crippen LogP contribution in [0.2, 0.25) is 0 Å². The molecule has 1 aromatic rings. The summed E-state index contributed by atoms with van der Waals surface area (Å²) in [5, 5.41) is 5.30. The molecule has 19 heavy (non-hydrogen) atoms. The zero-order valence-electron chi connectivity index (χ0n) is 11.2. The van der Waals surface area contributed by atoms with Crippen LogP contribution < -0.4 is 10.6 Å². The average Bonchev–Trinajstić information content (AvgIpc) is 2.40. The summed E-state index contributed by atoms with van der Waals surface area (Å²) in [6.07, 6.45) is 1.38. The second-order valence-corrected chi connectivity index (χ2v) is 3.94. The largest absolute Gasteiger partial charge is 0.450 e. The van der Waals surface area contributed by atoms with Crippen molar-refractivity contribution in [1.29, 1.82) is 0 Å². The molecule has 1 rings (SSSR count). The van der Waals surface area contributed by atoms with Gasteiger partial charge < -0.3 is 15.4 Å². The summed E-state index contributed by atoms with van der Waals surface area (Å²) in [6.45, 7) is 4.15. The molecule has 2 N–H and O–H groups in total. The Kier molecular flexibility index (Phi) is 6.35. The first kappa shape index (κ1) is 14.9. The first-order valence-electron chi connectivity index (χ1n) is 6.24. The van der Waals surface area contributed by atoms with Crippen molar-refractivity contribution in [2.75, 3.05) is 13.2 Å². The molecule has 0 bridgehead atoms. The van der Waals surface area contributed by atoms with Gasteiger partial charge in [0.2, 0.25) is 5.91 Å². The van der Waals surface area contributed by atoms with E-state index >= 15 is 0 Å². The van der Waals surface area contributed by atoms with Gasteiger partial charge in [-0.3, -0.25) is 9.78 Å². The van der Waals surface area contributed by atoms with Crippen LogP contribution in [0.25, 0.3) is 0 Å². The van der Waals surface area contributed by atoms with E-state index in [1.807, 2.05) is 25.1 Å². The van der Waals surface area contributed by atoms with E-state index in [1.54, 1.807) is 13.1 Å². The molecule has 0 radical (unpaired) electrons. The molecule has 6 nitrogen and oxygen atoms in total. The van der Waals surface area contributed by atoms with E-state index in [9.17, 15) is 9.59 Å². The van der Waals surface area contributed by atoms with Gasteiger partial charge in [0.15, 0.2) is 0 Å². The lowest BCUT2D eigenvalue weighted by molar-refractivity contribution is -0.121. The molecule has 0 aliphatic carbocycles. The molecule has 0 aliphatic rings. The zero-order chi connectivity index (χ0) is 14.1. The van der Waals surface area contributed by atoms with E-state index in [1.165, 1.54) is 0 Å². The van der Waals surface area contributed by atoms with Crippen LogP contribution in [-0.4, -0.2) is 30.1 Å². The SMILES string of the molecule is CCOC(=O)NCCC(=O)NC(C)c1ccccn1. The van der Waals surface area contributed by atoms with Crippen molar-refractivity contribution in [2.24, 2.45) is 0 Å². The third-order valence-corrected chi connectivity index (χ3v) is 2.41. The number of nitrogens with one attached hydrogen (secondary N) is 2. The van der Waals surface area contributed by atoms with E-state index in [0.29, 0.717) is 6.61 Å². The van der Waals surface area contributed by atoms with Gasteiger partial charge in [-0.25, -0.2) is 4.79 Å². The topological polar surface area (TPSA) is 80.3 Å². The first-order chi connectivity index (χ1) is 9.13. The summed E-state index contributed by atoms with van der Waals surface area (Å²) in [6, 6.07) is 5.38. The minimum absolute atomic E-state index is 0.144. The van der Waals surface area contributed by atoms with E-state index in [0.717, 1.165) is 5.69 Å². The number of alkyl carbamates (subject to hydrolysis) is 1. The predicted molar refractivity (Wildman–Crippen MR) is 70.4 cm³/mol. The zero-order valence-corrected chi connectivity index (χ0v) is 11.2. The van der Waals surface area contributed by atoms with Crippen LogP contribution in [0.5, 0.6) is 0 Å². The minimum Gasteiger partial charge on any atom is -0.450 e. The Morgan fingerprint density at radius 2 is 2.21 bits per heavy atom. The Balaban J connectivity index is 2.26. The molecule has 0 spiro atoms. The van der Waals surface area contributed by atoms with Crippen molar-refractivity contribution >= 4 is 12.0 Å². The number of pyridine rings is 1. The van der Waals surface area contributed by atoms with Crippen molar-refractivity contribution < 1.29 is 14.3 Å². The molecule has 1 aromatic heterocycles. The number of rotatable bonds is 6. The first-order valence-corrected chi connectivity index (χ1v) is 6.24. The van der Waals surface area contributed by atoms with E-state index in [-0.39, 0.29) is 24.9 Å². The average molecular weight is 265 g/mol. The number of carbonyl (C=O) groups excluding carboxylic acids is 2. The maximum Gasteiger partial charge on any atom is 0.407 e. The fourth-order valence-corrected chi connectivity index (χ4v) is 1.48. The second-order valence-electron chi connectivity index (χ2n) is 3.94. The van der Waals surface area contributed by atoms with Crippen molar-refractivity contribution in [1.82, 2.24) is 15.6 Å². The highest BCUT2D eigenvalue weighted by Crippen LogP contribution is 2.07. The summed E-state index contributed by atoms with van der Waals surface area (Å²) in [7, 11) is 0. The molecule has 0 saturated carbocycles. The maximum absolute atomic E-state index is 11.6. The standard InChI is InChI=1S/C13H19N3O3/c1-3-19-13(18)15-9-7-12(17)16-10(2)11-6-4-5-8-14-11/h4-6,8,10H,3,7,9H2,1-2H3,(H,15,18)(H,16,17). The molecule has 0 fully saturated rings. The number of ether oxygens (including phenoxy) is 1. The third-order valence-electron chi connectivity index (χ3n) is 2.41. The van der Waals surface area contributed by atoms with E-state index in [2.05, 4.69) is 20.4 Å². The number of carbonyl (C=O) groups is 2. The smallest absolute Gasteiger partial charge is 0.407 e. The molecule has 2 amide bonds. The highest BCUT2D eigenvalue weighted by Gasteiger charge is 2.10. The Labute approximate surface area is 112 Å². The van der Waals surface area contributed by atoms with E-state index < -0.39 is 6.09 Å². The Morgan fingerprint density at radius 1 is 1.42 bits per heavy atom. The molecule has 6 heteroatoms. The lowest BCUT2D eigenvalue weighted by Gasteiger charge is -2.13. The van der Waals surface area contributed by atoms with Gasteiger partial charge >= 0.3 is 6.09 Å². The van der Waals surface area contributed by atoms with Crippen molar-refractivity contribution in [2.45, 2.75) is 26.3 Å². The molecule has 1 unspecified atom stereocenters. The maximum atomic E-state index is 11.6. The van der Waals surface area contributed by atoms with Gasteiger partial charge in [0.1, 0.15) is 0 Å². The van der Waals surface area contributed by atoms with Gasteiger partial charge in [0.25, 0.3) is 0 Å². The van der Waals surface area contributed by atoms with E-state index in [4.69, 9.17) is 0 Å². The van der Waals surface area contributed by atoms with Gasteiger partial charge in [-0.2, -0.15) is 0 Å². The molecule has 0 saturated heterocycles. The highest BCUT2D eigenvalue weighted by atomic mass is 16.5. The Hall–Kier alpha value is -2.11. The monoisotopic (exact) mass is 265 g/mol. The van der Waals surface area contributed by atoms with Crippen molar-refractivity contribution in [3.63, 3.8) is 0 Å². The summed E-state index contributed by atoms with van der Waals surface area (Å²) < 4.78 is 4.68. The fraction of sp³-hybridized carbons (Fsp3) is 0.462. The number of amides is 2. The molecular weight excluding hydrogens is 246 g/mol. The lowest BCUT2D eigenvalue weighted by atomic mass is 10.2. The van der Waals surface area contributed by atoms with Gasteiger partial charge in [-0.15, -0.1) is 0 Å². The third kappa shape index (κ3) is 5.85. The highest BCUT2D eigenvalue weighted by molar-refractivity contribution is 5.77. The second kappa shape index (κ2) is 8.07. The predicted octanol–water partition coefficient (Wildman–Crippen LogP) is 1.39. The lowest BCUT2D eigenvalue weighted by Crippen LogP contribution is -2.32. The van der Waals surface area contributed by atoms with Crippen molar-refractivity contribution in [3.8, 4) is 0 Å². The van der Waals surface area contributed by atoms with Gasteiger partial charge in [0, 0.05) is 19.2 Å². The summed E-state index contributed by atoms with van der Waals surface area (Å²) in [5.74, 6) is -0.144. The Bertz CT molecular complexity index is 409. The minimum atomic E-state index is -0.506. The van der Waals surface area contributed by atoms with Crippen LogP contribution in [0.15, 0.2) is 24.4 Å². The summed E-state index contributed by atoms with van der Waals surface area (Å²) >= 11 is 0. The number of hydrogen-bond acceptors (Lipinski definition) is 4. The van der Waals surface area contributed by atoms with Gasteiger partial charge in [-0.05, 0) is 26.0 Å². The number of nitrogens with zero attached hydrogens (tertiary/aromatic N) is 1. The van der Waals surface area contributed by atoms with Crippen LogP contribution in [0.4, 0.5) is 4.79 Å². The Morgan fingerprint density at radius 3 is 2.84 bits per heavy atom. The number of hydrogen-bond donors (Lipinski definition) is 2. The molecule has 0 aromatic carbocycles. The normalized spacial score (nSPS) is 11.5. The van der Waals surface area contributed by atoms with Crippen LogP contribution in [-0.2, 0) is 9.53 Å². The molecule has 1 atom stereocenters. The molecular formula is C13H19N3O3. The van der Waals surface area contributed by atoms with Crippen LogP contribution in [0.1, 0.15) is 32.0 Å². The number of aromatic nitrogens is 1. The fourth-order valence-electron chi connectivity index (χ4n) is 1.48. The quantitative estimate of drug-likeness (QED) is 0.814. The van der Waals surface area contributed by atoms with Crippen molar-refractivity contribution in [3.05, 3.63) is 30.1 Å². The van der Waals surface area contributed by atoms with Crippen LogP contribution in [0, 0.1) is 0 Å². The molecule has 104 valence electrons. The summed E-state index contributed by atoms with van der Waals surface area (Å²) in [4.78, 5) is 26.8. The molecule has 1 heterocycles.